The van der Waals surface area contributed by atoms with Crippen LogP contribution in [0.1, 0.15) is 6.92 Å². The second-order valence-corrected chi connectivity index (χ2v) is 6.45. The SMILES string of the molecule is CCOc1cccc(NS(=O)(=O)c2cc(Cl)ccc2OC)c1. The van der Waals surface area contributed by atoms with Crippen molar-refractivity contribution in [1.82, 2.24) is 0 Å². The lowest BCUT2D eigenvalue weighted by molar-refractivity contribution is 0.340. The third-order valence-electron chi connectivity index (χ3n) is 2.81. The van der Waals surface area contributed by atoms with Crippen LogP contribution in [-0.2, 0) is 10.0 Å². The smallest absolute Gasteiger partial charge is 0.265 e. The molecule has 2 rings (SSSR count). The molecule has 2 aromatic carbocycles. The van der Waals surface area contributed by atoms with E-state index in [1.165, 1.54) is 19.2 Å². The summed E-state index contributed by atoms with van der Waals surface area (Å²) in [6.45, 7) is 2.35. The summed E-state index contributed by atoms with van der Waals surface area (Å²) in [6.07, 6.45) is 0. The summed E-state index contributed by atoms with van der Waals surface area (Å²) in [5, 5.41) is 0.309. The van der Waals surface area contributed by atoms with Gasteiger partial charge in [-0.05, 0) is 37.3 Å². The number of benzene rings is 2. The van der Waals surface area contributed by atoms with E-state index in [9.17, 15) is 8.42 Å². The van der Waals surface area contributed by atoms with Crippen molar-refractivity contribution in [3.63, 3.8) is 0 Å². The van der Waals surface area contributed by atoms with Crippen LogP contribution in [0.15, 0.2) is 47.4 Å². The lowest BCUT2D eigenvalue weighted by atomic mass is 10.3. The van der Waals surface area contributed by atoms with Crippen LogP contribution in [0.4, 0.5) is 5.69 Å². The molecular formula is C15H16ClNO4S. The molecule has 22 heavy (non-hydrogen) atoms. The number of rotatable bonds is 6. The number of nitrogens with one attached hydrogen (secondary N) is 1. The van der Waals surface area contributed by atoms with Crippen LogP contribution in [0.5, 0.6) is 11.5 Å². The van der Waals surface area contributed by atoms with Crippen LogP contribution < -0.4 is 14.2 Å². The minimum atomic E-state index is -3.83. The van der Waals surface area contributed by atoms with E-state index in [1.54, 1.807) is 30.3 Å². The molecule has 0 atom stereocenters. The van der Waals surface area contributed by atoms with Crippen LogP contribution >= 0.6 is 11.6 Å². The molecule has 7 heteroatoms. The number of ether oxygens (including phenoxy) is 2. The molecule has 0 aliphatic rings. The van der Waals surface area contributed by atoms with Gasteiger partial charge in [0, 0.05) is 11.1 Å². The van der Waals surface area contributed by atoms with Crippen molar-refractivity contribution in [3.05, 3.63) is 47.5 Å². The highest BCUT2D eigenvalue weighted by Crippen LogP contribution is 2.29. The zero-order chi connectivity index (χ0) is 16.2. The van der Waals surface area contributed by atoms with E-state index in [1.807, 2.05) is 6.92 Å². The fraction of sp³-hybridized carbons (Fsp3) is 0.200. The first kappa shape index (κ1) is 16.5. The monoisotopic (exact) mass is 341 g/mol. The van der Waals surface area contributed by atoms with Gasteiger partial charge in [-0.1, -0.05) is 17.7 Å². The minimum Gasteiger partial charge on any atom is -0.495 e. The van der Waals surface area contributed by atoms with Crippen LogP contribution in [0.25, 0.3) is 0 Å². The van der Waals surface area contributed by atoms with Crippen LogP contribution in [0.3, 0.4) is 0 Å². The van der Waals surface area contributed by atoms with E-state index < -0.39 is 10.0 Å². The zero-order valence-corrected chi connectivity index (χ0v) is 13.7. The largest absolute Gasteiger partial charge is 0.495 e. The third kappa shape index (κ3) is 3.84. The fourth-order valence-electron chi connectivity index (χ4n) is 1.89. The average Bonchev–Trinajstić information content (AvgIpc) is 2.47. The number of anilines is 1. The van der Waals surface area contributed by atoms with Gasteiger partial charge >= 0.3 is 0 Å². The lowest BCUT2D eigenvalue weighted by Gasteiger charge is -2.12. The maximum atomic E-state index is 12.5. The van der Waals surface area contributed by atoms with E-state index >= 15 is 0 Å². The number of sulfonamides is 1. The Kier molecular flexibility index (Phi) is 5.15. The normalized spacial score (nSPS) is 11.0. The van der Waals surface area contributed by atoms with Crippen molar-refractivity contribution in [1.29, 1.82) is 0 Å². The van der Waals surface area contributed by atoms with E-state index in [0.717, 1.165) is 0 Å². The molecule has 118 valence electrons. The highest BCUT2D eigenvalue weighted by Gasteiger charge is 2.20. The molecule has 0 spiro atoms. The Labute approximate surface area is 134 Å². The number of halogens is 1. The molecule has 2 aromatic rings. The zero-order valence-electron chi connectivity index (χ0n) is 12.2. The molecule has 0 radical (unpaired) electrons. The third-order valence-corrected chi connectivity index (χ3v) is 4.45. The number of hydrogen-bond donors (Lipinski definition) is 1. The van der Waals surface area contributed by atoms with Crippen molar-refractivity contribution >= 4 is 27.3 Å². The number of hydrogen-bond acceptors (Lipinski definition) is 4. The number of methoxy groups -OCH3 is 1. The van der Waals surface area contributed by atoms with Crippen molar-refractivity contribution < 1.29 is 17.9 Å². The standard InChI is InChI=1S/C15H16ClNO4S/c1-3-21-13-6-4-5-12(10-13)17-22(18,19)15-9-11(16)7-8-14(15)20-2/h4-10,17H,3H2,1-2H3. The van der Waals surface area contributed by atoms with Gasteiger partial charge < -0.3 is 9.47 Å². The molecule has 0 saturated heterocycles. The van der Waals surface area contributed by atoms with E-state index in [2.05, 4.69) is 4.72 Å². The molecular weight excluding hydrogens is 326 g/mol. The van der Waals surface area contributed by atoms with Gasteiger partial charge in [0.15, 0.2) is 0 Å². The van der Waals surface area contributed by atoms with Gasteiger partial charge in [0.1, 0.15) is 16.4 Å². The van der Waals surface area contributed by atoms with Gasteiger partial charge in [-0.2, -0.15) is 0 Å². The Balaban J connectivity index is 2.35. The highest BCUT2D eigenvalue weighted by atomic mass is 35.5. The molecule has 0 bridgehead atoms. The summed E-state index contributed by atoms with van der Waals surface area (Å²) in [5.41, 5.74) is 0.396. The lowest BCUT2D eigenvalue weighted by Crippen LogP contribution is -2.14. The summed E-state index contributed by atoms with van der Waals surface area (Å²) in [4.78, 5) is -0.0238. The molecule has 0 aromatic heterocycles. The second kappa shape index (κ2) is 6.89. The van der Waals surface area contributed by atoms with Crippen molar-refractivity contribution in [2.45, 2.75) is 11.8 Å². The van der Waals surface area contributed by atoms with Crippen LogP contribution in [0, 0.1) is 0 Å². The fourth-order valence-corrected chi connectivity index (χ4v) is 3.37. The van der Waals surface area contributed by atoms with E-state index in [-0.39, 0.29) is 10.6 Å². The Bertz CT molecular complexity index is 762. The van der Waals surface area contributed by atoms with Crippen LogP contribution in [-0.4, -0.2) is 22.1 Å². The summed E-state index contributed by atoms with van der Waals surface area (Å²) in [6, 6.07) is 11.1. The maximum Gasteiger partial charge on any atom is 0.265 e. The van der Waals surface area contributed by atoms with Gasteiger partial charge in [0.05, 0.1) is 19.4 Å². The Morgan fingerprint density at radius 2 is 1.95 bits per heavy atom. The van der Waals surface area contributed by atoms with Gasteiger partial charge in [0.2, 0.25) is 0 Å². The summed E-state index contributed by atoms with van der Waals surface area (Å²) < 4.78 is 37.9. The summed E-state index contributed by atoms with van der Waals surface area (Å²) in [7, 11) is -2.42. The van der Waals surface area contributed by atoms with Gasteiger partial charge in [-0.3, -0.25) is 4.72 Å². The van der Waals surface area contributed by atoms with E-state index in [4.69, 9.17) is 21.1 Å². The topological polar surface area (TPSA) is 64.6 Å². The summed E-state index contributed by atoms with van der Waals surface area (Å²) in [5.74, 6) is 0.804. The molecule has 0 saturated carbocycles. The first-order chi connectivity index (χ1) is 10.5. The molecule has 0 aliphatic heterocycles. The van der Waals surface area contributed by atoms with Crippen molar-refractivity contribution in [3.8, 4) is 11.5 Å². The molecule has 1 N–H and O–H groups in total. The van der Waals surface area contributed by atoms with Crippen molar-refractivity contribution in [2.75, 3.05) is 18.4 Å². The van der Waals surface area contributed by atoms with Gasteiger partial charge in [0.25, 0.3) is 10.0 Å². The Morgan fingerprint density at radius 3 is 2.64 bits per heavy atom. The highest BCUT2D eigenvalue weighted by molar-refractivity contribution is 7.92. The molecule has 0 aliphatic carbocycles. The first-order valence-electron chi connectivity index (χ1n) is 6.55. The quantitative estimate of drug-likeness (QED) is 0.872. The molecule has 5 nitrogen and oxygen atoms in total. The van der Waals surface area contributed by atoms with Gasteiger partial charge in [-0.15, -0.1) is 0 Å². The first-order valence-corrected chi connectivity index (χ1v) is 8.41. The van der Waals surface area contributed by atoms with E-state index in [0.29, 0.717) is 23.1 Å². The Hall–Kier alpha value is -1.92. The average molecular weight is 342 g/mol. The van der Waals surface area contributed by atoms with Crippen molar-refractivity contribution in [2.24, 2.45) is 0 Å². The van der Waals surface area contributed by atoms with Crippen LogP contribution in [0.2, 0.25) is 5.02 Å². The molecule has 0 unspecified atom stereocenters. The second-order valence-electron chi connectivity index (χ2n) is 4.36. The summed E-state index contributed by atoms with van der Waals surface area (Å²) >= 11 is 5.88. The molecule has 0 heterocycles. The maximum absolute atomic E-state index is 12.5. The minimum absolute atomic E-state index is 0.0238. The predicted octanol–water partition coefficient (Wildman–Crippen LogP) is 3.55. The predicted molar refractivity (Wildman–Crippen MR) is 86.4 cm³/mol. The Morgan fingerprint density at radius 1 is 1.18 bits per heavy atom. The van der Waals surface area contributed by atoms with Gasteiger partial charge in [-0.25, -0.2) is 8.42 Å². The molecule has 0 amide bonds. The molecule has 0 fully saturated rings.